The largest absolute Gasteiger partial charge is 0.356 e. The predicted molar refractivity (Wildman–Crippen MR) is 88.2 cm³/mol. The van der Waals surface area contributed by atoms with Crippen LogP contribution >= 0.6 is 0 Å². The predicted octanol–water partition coefficient (Wildman–Crippen LogP) is 3.49. The number of hydrogen-bond acceptors (Lipinski definition) is 2. The minimum absolute atomic E-state index is 0.0212. The number of carbonyl (C=O) groups is 1. The van der Waals surface area contributed by atoms with Gasteiger partial charge < -0.3 is 10.6 Å². The standard InChI is InChI=1S/C18H34N2O/c1-15(2,3)7-9-19-14(21)17-11-18(12-17,13-17)20-10-8-16(4,5)6/h20H,7-13H2,1-6H3,(H,19,21). The van der Waals surface area contributed by atoms with Crippen LogP contribution < -0.4 is 10.6 Å². The van der Waals surface area contributed by atoms with Crippen molar-refractivity contribution in [1.29, 1.82) is 0 Å². The lowest BCUT2D eigenvalue weighted by Crippen LogP contribution is -2.77. The molecule has 0 unspecified atom stereocenters. The van der Waals surface area contributed by atoms with Crippen LogP contribution in [0.5, 0.6) is 0 Å². The summed E-state index contributed by atoms with van der Waals surface area (Å²) in [6.07, 6.45) is 5.38. The van der Waals surface area contributed by atoms with Gasteiger partial charge in [-0.05, 0) is 49.5 Å². The molecule has 0 aromatic heterocycles. The van der Waals surface area contributed by atoms with E-state index in [1.54, 1.807) is 0 Å². The van der Waals surface area contributed by atoms with E-state index in [0.717, 1.165) is 38.8 Å². The van der Waals surface area contributed by atoms with E-state index in [4.69, 9.17) is 0 Å². The summed E-state index contributed by atoms with van der Waals surface area (Å²) in [5, 5.41) is 6.85. The second-order valence-corrected chi connectivity index (χ2v) is 9.89. The van der Waals surface area contributed by atoms with Gasteiger partial charge in [-0.1, -0.05) is 41.5 Å². The third kappa shape index (κ3) is 4.00. The topological polar surface area (TPSA) is 41.1 Å². The second-order valence-electron chi connectivity index (χ2n) is 9.89. The maximum Gasteiger partial charge on any atom is 0.226 e. The van der Waals surface area contributed by atoms with Crippen LogP contribution in [-0.4, -0.2) is 24.5 Å². The fourth-order valence-corrected chi connectivity index (χ4v) is 3.66. The van der Waals surface area contributed by atoms with Gasteiger partial charge in [0, 0.05) is 12.1 Å². The van der Waals surface area contributed by atoms with E-state index in [9.17, 15) is 4.79 Å². The molecule has 3 heteroatoms. The number of carbonyl (C=O) groups excluding carboxylic acids is 1. The zero-order valence-electron chi connectivity index (χ0n) is 14.9. The van der Waals surface area contributed by atoms with Crippen molar-refractivity contribution in [2.45, 2.75) is 79.2 Å². The molecular weight excluding hydrogens is 260 g/mol. The summed E-state index contributed by atoms with van der Waals surface area (Å²) in [6, 6.07) is 0. The third-order valence-corrected chi connectivity index (χ3v) is 5.05. The van der Waals surface area contributed by atoms with Gasteiger partial charge in [0.25, 0.3) is 0 Å². The van der Waals surface area contributed by atoms with Crippen molar-refractivity contribution in [1.82, 2.24) is 10.6 Å². The van der Waals surface area contributed by atoms with Gasteiger partial charge in [0.15, 0.2) is 0 Å². The molecule has 3 aliphatic rings. The van der Waals surface area contributed by atoms with Crippen LogP contribution in [0.1, 0.15) is 73.6 Å². The van der Waals surface area contributed by atoms with E-state index in [1.165, 1.54) is 6.42 Å². The van der Waals surface area contributed by atoms with Crippen molar-refractivity contribution in [3.8, 4) is 0 Å². The summed E-state index contributed by atoms with van der Waals surface area (Å²) < 4.78 is 0. The van der Waals surface area contributed by atoms with Crippen LogP contribution in [0.25, 0.3) is 0 Å². The van der Waals surface area contributed by atoms with Crippen LogP contribution in [-0.2, 0) is 4.79 Å². The maximum absolute atomic E-state index is 12.3. The molecule has 0 saturated heterocycles. The highest BCUT2D eigenvalue weighted by Gasteiger charge is 2.71. The Kier molecular flexibility index (Phi) is 4.20. The SMILES string of the molecule is CC(C)(C)CCNC(=O)C12CC(NCCC(C)(C)C)(C1)C2. The van der Waals surface area contributed by atoms with Gasteiger partial charge in [0.1, 0.15) is 0 Å². The highest BCUT2D eigenvalue weighted by molar-refractivity contribution is 5.87. The summed E-state index contributed by atoms with van der Waals surface area (Å²) in [5.74, 6) is 0.297. The van der Waals surface area contributed by atoms with Gasteiger partial charge in [-0.2, -0.15) is 0 Å². The number of nitrogens with one attached hydrogen (secondary N) is 2. The number of amides is 1. The Balaban J connectivity index is 1.65. The molecule has 2 bridgehead atoms. The fraction of sp³-hybridized carbons (Fsp3) is 0.944. The first kappa shape index (κ1) is 16.8. The van der Waals surface area contributed by atoms with Crippen LogP contribution in [0.4, 0.5) is 0 Å². The summed E-state index contributed by atoms with van der Waals surface area (Å²) >= 11 is 0. The number of rotatable bonds is 6. The highest BCUT2D eigenvalue weighted by Crippen LogP contribution is 2.67. The molecule has 21 heavy (non-hydrogen) atoms. The Bertz CT molecular complexity index is 381. The molecule has 0 aromatic carbocycles. The molecule has 122 valence electrons. The molecule has 3 fully saturated rings. The molecule has 0 heterocycles. The van der Waals surface area contributed by atoms with Gasteiger partial charge in [0.2, 0.25) is 5.91 Å². The molecule has 0 spiro atoms. The zero-order chi connectivity index (χ0) is 15.9. The molecule has 1 amide bonds. The van der Waals surface area contributed by atoms with Crippen molar-refractivity contribution < 1.29 is 4.79 Å². The highest BCUT2D eigenvalue weighted by atomic mass is 16.2. The van der Waals surface area contributed by atoms with Crippen LogP contribution in [0.15, 0.2) is 0 Å². The fourth-order valence-electron chi connectivity index (χ4n) is 3.66. The second kappa shape index (κ2) is 5.26. The summed E-state index contributed by atoms with van der Waals surface area (Å²) in [4.78, 5) is 12.3. The van der Waals surface area contributed by atoms with Crippen molar-refractivity contribution >= 4 is 5.91 Å². The quantitative estimate of drug-likeness (QED) is 0.787. The molecule has 0 radical (unpaired) electrons. The lowest BCUT2D eigenvalue weighted by molar-refractivity contribution is -0.181. The molecule has 0 aliphatic heterocycles. The monoisotopic (exact) mass is 294 g/mol. The summed E-state index contributed by atoms with van der Waals surface area (Å²) in [5.41, 5.74) is 0.959. The van der Waals surface area contributed by atoms with Gasteiger partial charge in [-0.15, -0.1) is 0 Å². The van der Waals surface area contributed by atoms with E-state index in [-0.39, 0.29) is 5.41 Å². The maximum atomic E-state index is 12.3. The molecule has 0 aromatic rings. The van der Waals surface area contributed by atoms with E-state index >= 15 is 0 Å². The average Bonchev–Trinajstić information content (AvgIpc) is 2.15. The first-order valence-electron chi connectivity index (χ1n) is 8.49. The Labute approximate surface area is 130 Å². The van der Waals surface area contributed by atoms with Crippen LogP contribution in [0, 0.1) is 16.2 Å². The average molecular weight is 294 g/mol. The van der Waals surface area contributed by atoms with Gasteiger partial charge >= 0.3 is 0 Å². The van der Waals surface area contributed by atoms with Gasteiger partial charge in [0.05, 0.1) is 5.41 Å². The zero-order valence-corrected chi connectivity index (χ0v) is 14.9. The van der Waals surface area contributed by atoms with Crippen molar-refractivity contribution in [3.05, 3.63) is 0 Å². The smallest absolute Gasteiger partial charge is 0.226 e. The Morgan fingerprint density at radius 2 is 1.38 bits per heavy atom. The normalized spacial score (nSPS) is 31.3. The molecule has 3 aliphatic carbocycles. The van der Waals surface area contributed by atoms with Crippen molar-refractivity contribution in [3.63, 3.8) is 0 Å². The van der Waals surface area contributed by atoms with Crippen molar-refractivity contribution in [2.24, 2.45) is 16.2 Å². The van der Waals surface area contributed by atoms with Gasteiger partial charge in [-0.3, -0.25) is 4.79 Å². The number of hydrogen-bond donors (Lipinski definition) is 2. The molecule has 3 nitrogen and oxygen atoms in total. The lowest BCUT2D eigenvalue weighted by Gasteiger charge is -2.69. The van der Waals surface area contributed by atoms with E-state index in [1.807, 2.05) is 0 Å². The third-order valence-electron chi connectivity index (χ3n) is 5.05. The minimum atomic E-state index is -0.0212. The van der Waals surface area contributed by atoms with Crippen molar-refractivity contribution in [2.75, 3.05) is 13.1 Å². The molecule has 2 N–H and O–H groups in total. The van der Waals surface area contributed by atoms with E-state index in [0.29, 0.717) is 22.3 Å². The van der Waals surface area contributed by atoms with Gasteiger partial charge in [-0.25, -0.2) is 0 Å². The first-order valence-corrected chi connectivity index (χ1v) is 8.49. The summed E-state index contributed by atoms with van der Waals surface area (Å²) in [6.45, 7) is 15.4. The van der Waals surface area contributed by atoms with Crippen LogP contribution in [0.2, 0.25) is 0 Å². The Morgan fingerprint density at radius 1 is 0.905 bits per heavy atom. The summed E-state index contributed by atoms with van der Waals surface area (Å²) in [7, 11) is 0. The lowest BCUT2D eigenvalue weighted by atomic mass is 9.39. The molecular formula is C18H34N2O. The van der Waals surface area contributed by atoms with Crippen LogP contribution in [0.3, 0.4) is 0 Å². The van der Waals surface area contributed by atoms with E-state index in [2.05, 4.69) is 52.2 Å². The first-order chi connectivity index (χ1) is 9.46. The minimum Gasteiger partial charge on any atom is -0.356 e. The Morgan fingerprint density at radius 3 is 1.86 bits per heavy atom. The Hall–Kier alpha value is -0.570. The molecule has 3 saturated carbocycles. The van der Waals surface area contributed by atoms with E-state index < -0.39 is 0 Å². The molecule has 3 rings (SSSR count). The molecule has 0 atom stereocenters.